The Morgan fingerprint density at radius 2 is 2.00 bits per heavy atom. The summed E-state index contributed by atoms with van der Waals surface area (Å²) in [5.74, 6) is 0.404. The number of benzene rings is 2. The van der Waals surface area contributed by atoms with E-state index in [4.69, 9.17) is 0 Å². The Hall–Kier alpha value is -1.31. The van der Waals surface area contributed by atoms with E-state index in [1.807, 2.05) is 25.1 Å². The highest BCUT2D eigenvalue weighted by Gasteiger charge is 2.24. The molecule has 3 rings (SSSR count). The lowest BCUT2D eigenvalue weighted by Gasteiger charge is -2.30. The maximum Gasteiger partial charge on any atom is 0.237 e. The summed E-state index contributed by atoms with van der Waals surface area (Å²) in [6.45, 7) is 2.70. The Kier molecular flexibility index (Phi) is 5.79. The highest BCUT2D eigenvalue weighted by Crippen LogP contribution is 2.31. The third-order valence-corrected chi connectivity index (χ3v) is 7.15. The molecule has 0 aromatic heterocycles. The van der Waals surface area contributed by atoms with E-state index in [0.717, 1.165) is 39.0 Å². The monoisotopic (exact) mass is 453 g/mol. The number of thioether (sulfide) groups is 1. The Morgan fingerprint density at radius 3 is 2.69 bits per heavy atom. The SMILES string of the molecule is Cc1cc(Br)ccc1SCC(=O)N1CCCc2cc(S(C)(=O)=O)ccc21. The van der Waals surface area contributed by atoms with Crippen molar-refractivity contribution in [3.05, 3.63) is 52.0 Å². The van der Waals surface area contributed by atoms with Crippen LogP contribution in [0, 0.1) is 6.92 Å². The summed E-state index contributed by atoms with van der Waals surface area (Å²) in [6.07, 6.45) is 2.84. The molecule has 0 bridgehead atoms. The van der Waals surface area contributed by atoms with Gasteiger partial charge in [0.25, 0.3) is 0 Å². The molecule has 0 N–H and O–H groups in total. The number of nitrogens with zero attached hydrogens (tertiary/aromatic N) is 1. The third kappa shape index (κ3) is 4.32. The van der Waals surface area contributed by atoms with Gasteiger partial charge in [0.2, 0.25) is 5.91 Å². The van der Waals surface area contributed by atoms with Gasteiger partial charge in [-0.2, -0.15) is 0 Å². The number of anilines is 1. The first-order valence-electron chi connectivity index (χ1n) is 8.28. The Balaban J connectivity index is 1.77. The van der Waals surface area contributed by atoms with Gasteiger partial charge in [0, 0.05) is 27.9 Å². The van der Waals surface area contributed by atoms with Crippen LogP contribution >= 0.6 is 27.7 Å². The predicted octanol–water partition coefficient (Wildman–Crippen LogP) is 4.23. The minimum Gasteiger partial charge on any atom is -0.311 e. The average Bonchev–Trinajstić information content (AvgIpc) is 2.59. The first-order valence-corrected chi connectivity index (χ1v) is 11.9. The fourth-order valence-corrected chi connectivity index (χ4v) is 5.09. The van der Waals surface area contributed by atoms with Crippen LogP contribution in [0.5, 0.6) is 0 Å². The molecule has 0 atom stereocenters. The Morgan fingerprint density at radius 1 is 1.23 bits per heavy atom. The molecule has 0 radical (unpaired) electrons. The molecule has 1 heterocycles. The smallest absolute Gasteiger partial charge is 0.237 e. The zero-order valence-corrected chi connectivity index (χ0v) is 17.9. The van der Waals surface area contributed by atoms with E-state index in [1.54, 1.807) is 23.1 Å². The zero-order chi connectivity index (χ0) is 18.9. The van der Waals surface area contributed by atoms with E-state index in [1.165, 1.54) is 18.0 Å². The van der Waals surface area contributed by atoms with E-state index in [9.17, 15) is 13.2 Å². The van der Waals surface area contributed by atoms with Gasteiger partial charge in [-0.15, -0.1) is 11.8 Å². The molecule has 4 nitrogen and oxygen atoms in total. The number of fused-ring (bicyclic) bond motifs is 1. The van der Waals surface area contributed by atoms with Crippen molar-refractivity contribution in [2.45, 2.75) is 29.6 Å². The highest BCUT2D eigenvalue weighted by atomic mass is 79.9. The molecular weight excluding hydrogens is 434 g/mol. The summed E-state index contributed by atoms with van der Waals surface area (Å²) in [7, 11) is -3.24. The highest BCUT2D eigenvalue weighted by molar-refractivity contribution is 9.10. The molecule has 0 spiro atoms. The standard InChI is InChI=1S/C19H20BrNO3S2/c1-13-10-15(20)5-8-18(13)25-12-19(22)21-9-3-4-14-11-16(26(2,23)24)6-7-17(14)21/h5-8,10-11H,3-4,9,12H2,1-2H3. The number of carbonyl (C=O) groups excluding carboxylic acids is 1. The molecule has 138 valence electrons. The fraction of sp³-hybridized carbons (Fsp3) is 0.316. The zero-order valence-electron chi connectivity index (χ0n) is 14.7. The Bertz CT molecular complexity index is 957. The van der Waals surface area contributed by atoms with Gasteiger partial charge in [-0.1, -0.05) is 15.9 Å². The number of hydrogen-bond acceptors (Lipinski definition) is 4. The summed E-state index contributed by atoms with van der Waals surface area (Å²) < 4.78 is 24.5. The van der Waals surface area contributed by atoms with E-state index in [0.29, 0.717) is 17.2 Å². The Labute approximate surface area is 167 Å². The van der Waals surface area contributed by atoms with Crippen LogP contribution in [0.2, 0.25) is 0 Å². The second kappa shape index (κ2) is 7.74. The van der Waals surface area contributed by atoms with E-state index in [2.05, 4.69) is 15.9 Å². The molecule has 0 saturated heterocycles. The maximum atomic E-state index is 12.8. The molecule has 1 aliphatic rings. The molecule has 2 aromatic carbocycles. The van der Waals surface area contributed by atoms with Crippen LogP contribution in [0.15, 0.2) is 50.7 Å². The first kappa shape index (κ1) is 19.5. The molecule has 0 aliphatic carbocycles. The van der Waals surface area contributed by atoms with Gasteiger partial charge in [-0.05, 0) is 67.3 Å². The first-order chi connectivity index (χ1) is 12.3. The number of sulfone groups is 1. The number of amides is 1. The van der Waals surface area contributed by atoms with Crippen molar-refractivity contribution >= 4 is 49.1 Å². The lowest BCUT2D eigenvalue weighted by Crippen LogP contribution is -2.36. The van der Waals surface area contributed by atoms with Crippen molar-refractivity contribution in [1.29, 1.82) is 0 Å². The molecule has 1 amide bonds. The van der Waals surface area contributed by atoms with Gasteiger partial charge < -0.3 is 4.90 Å². The van der Waals surface area contributed by atoms with E-state index >= 15 is 0 Å². The van der Waals surface area contributed by atoms with Crippen LogP contribution < -0.4 is 4.90 Å². The lowest BCUT2D eigenvalue weighted by atomic mass is 10.0. The van der Waals surface area contributed by atoms with Crippen LogP contribution in [-0.4, -0.2) is 32.9 Å². The van der Waals surface area contributed by atoms with Crippen LogP contribution in [0.25, 0.3) is 0 Å². The molecule has 7 heteroatoms. The molecule has 26 heavy (non-hydrogen) atoms. The van der Waals surface area contributed by atoms with Gasteiger partial charge in [-0.25, -0.2) is 8.42 Å². The minimum absolute atomic E-state index is 0.0466. The summed E-state index contributed by atoms with van der Waals surface area (Å²) in [5, 5.41) is 0. The number of rotatable bonds is 4. The number of halogens is 1. The minimum atomic E-state index is -3.24. The van der Waals surface area contributed by atoms with Crippen LogP contribution in [0.1, 0.15) is 17.5 Å². The van der Waals surface area contributed by atoms with Gasteiger partial charge in [0.1, 0.15) is 0 Å². The summed E-state index contributed by atoms with van der Waals surface area (Å²) in [4.78, 5) is 16.0. The largest absolute Gasteiger partial charge is 0.311 e. The second-order valence-electron chi connectivity index (χ2n) is 6.41. The summed E-state index contributed by atoms with van der Waals surface area (Å²) >= 11 is 4.98. The van der Waals surface area contributed by atoms with Crippen LogP contribution in [-0.2, 0) is 21.1 Å². The number of aryl methyl sites for hydroxylation is 2. The van der Waals surface area contributed by atoms with Crippen molar-refractivity contribution in [3.8, 4) is 0 Å². The number of carbonyl (C=O) groups is 1. The van der Waals surface area contributed by atoms with Crippen LogP contribution in [0.4, 0.5) is 5.69 Å². The van der Waals surface area contributed by atoms with E-state index < -0.39 is 9.84 Å². The van der Waals surface area contributed by atoms with Crippen molar-refractivity contribution in [3.63, 3.8) is 0 Å². The lowest BCUT2D eigenvalue weighted by molar-refractivity contribution is -0.116. The molecule has 0 fully saturated rings. The average molecular weight is 454 g/mol. The second-order valence-corrected chi connectivity index (χ2v) is 10.4. The topological polar surface area (TPSA) is 54.5 Å². The molecule has 0 unspecified atom stereocenters. The van der Waals surface area contributed by atoms with Crippen molar-refractivity contribution in [2.75, 3.05) is 23.5 Å². The van der Waals surface area contributed by atoms with Gasteiger partial charge in [0.05, 0.1) is 10.6 Å². The third-order valence-electron chi connectivity index (χ3n) is 4.39. The fourth-order valence-electron chi connectivity index (χ4n) is 3.06. The van der Waals surface area contributed by atoms with E-state index in [-0.39, 0.29) is 5.91 Å². The predicted molar refractivity (Wildman–Crippen MR) is 110 cm³/mol. The molecule has 2 aromatic rings. The molecule has 1 aliphatic heterocycles. The summed E-state index contributed by atoms with van der Waals surface area (Å²) in [5.41, 5.74) is 2.90. The van der Waals surface area contributed by atoms with Gasteiger partial charge in [0.15, 0.2) is 9.84 Å². The molecule has 0 saturated carbocycles. The quantitative estimate of drug-likeness (QED) is 0.649. The molecular formula is C19H20BrNO3S2. The van der Waals surface area contributed by atoms with Crippen molar-refractivity contribution in [1.82, 2.24) is 0 Å². The van der Waals surface area contributed by atoms with Gasteiger partial charge >= 0.3 is 0 Å². The number of hydrogen-bond donors (Lipinski definition) is 0. The van der Waals surface area contributed by atoms with Crippen LogP contribution in [0.3, 0.4) is 0 Å². The van der Waals surface area contributed by atoms with Crippen molar-refractivity contribution < 1.29 is 13.2 Å². The maximum absolute atomic E-state index is 12.8. The summed E-state index contributed by atoms with van der Waals surface area (Å²) in [6, 6.07) is 11.1. The van der Waals surface area contributed by atoms with Gasteiger partial charge in [-0.3, -0.25) is 4.79 Å². The normalized spacial score (nSPS) is 14.2. The van der Waals surface area contributed by atoms with Crippen molar-refractivity contribution in [2.24, 2.45) is 0 Å².